The Morgan fingerprint density at radius 3 is 2.84 bits per heavy atom. The van der Waals surface area contributed by atoms with Gasteiger partial charge in [0.1, 0.15) is 10.9 Å². The van der Waals surface area contributed by atoms with Gasteiger partial charge in [0.05, 0.1) is 10.8 Å². The zero-order chi connectivity index (χ0) is 13.8. The molecule has 0 aliphatic heterocycles. The van der Waals surface area contributed by atoms with Gasteiger partial charge < -0.3 is 5.32 Å². The molecule has 19 heavy (non-hydrogen) atoms. The third kappa shape index (κ3) is 3.23. The number of carbonyl (C=O) groups excluding carboxylic acids is 1. The van der Waals surface area contributed by atoms with Crippen LogP contribution in [0, 0.1) is 6.92 Å². The number of hydrogen-bond donors (Lipinski definition) is 1. The zero-order valence-corrected chi connectivity index (χ0v) is 12.1. The average molecular weight is 275 g/mol. The predicted octanol–water partition coefficient (Wildman–Crippen LogP) is 2.55. The fourth-order valence-corrected chi connectivity index (χ4v) is 2.80. The Hall–Kier alpha value is -1.62. The van der Waals surface area contributed by atoms with Gasteiger partial charge in [-0.3, -0.25) is 4.79 Å². The van der Waals surface area contributed by atoms with E-state index in [0.717, 1.165) is 21.8 Å². The Kier molecular flexibility index (Phi) is 4.37. The average Bonchev–Trinajstić information content (AvgIpc) is 2.38. The van der Waals surface area contributed by atoms with E-state index < -0.39 is 0 Å². The highest BCUT2D eigenvalue weighted by Gasteiger charge is 2.16. The molecule has 0 saturated heterocycles. The maximum atomic E-state index is 11.8. The molecule has 0 spiro atoms. The summed E-state index contributed by atoms with van der Waals surface area (Å²) >= 11 is 1.47. The highest BCUT2D eigenvalue weighted by Crippen LogP contribution is 2.28. The number of carbonyl (C=O) groups is 1. The van der Waals surface area contributed by atoms with Crippen LogP contribution in [0.4, 0.5) is 0 Å². The largest absolute Gasteiger partial charge is 0.355 e. The van der Waals surface area contributed by atoms with Gasteiger partial charge in [-0.25, -0.2) is 9.97 Å². The molecule has 1 heterocycles. The number of benzene rings is 1. The second-order valence-corrected chi connectivity index (χ2v) is 5.58. The lowest BCUT2D eigenvalue weighted by Gasteiger charge is -2.12. The van der Waals surface area contributed by atoms with Gasteiger partial charge in [-0.2, -0.15) is 0 Å². The van der Waals surface area contributed by atoms with Crippen molar-refractivity contribution in [2.75, 3.05) is 6.54 Å². The van der Waals surface area contributed by atoms with Gasteiger partial charge in [0.25, 0.3) is 0 Å². The monoisotopic (exact) mass is 275 g/mol. The van der Waals surface area contributed by atoms with Crippen LogP contribution in [0.2, 0.25) is 0 Å². The van der Waals surface area contributed by atoms with Crippen molar-refractivity contribution < 1.29 is 4.79 Å². The Bertz CT molecular complexity index is 600. The molecule has 0 radical (unpaired) electrons. The first-order valence-corrected chi connectivity index (χ1v) is 7.17. The van der Waals surface area contributed by atoms with Crippen molar-refractivity contribution >= 4 is 28.6 Å². The number of fused-ring (bicyclic) bond motifs is 1. The van der Waals surface area contributed by atoms with Crippen molar-refractivity contribution in [1.29, 1.82) is 0 Å². The molecule has 0 fully saturated rings. The van der Waals surface area contributed by atoms with Crippen LogP contribution in [0.15, 0.2) is 29.3 Å². The number of para-hydroxylation sites is 1. The van der Waals surface area contributed by atoms with Crippen molar-refractivity contribution in [3.8, 4) is 0 Å². The molecule has 100 valence electrons. The molecule has 5 heteroatoms. The van der Waals surface area contributed by atoms with E-state index in [1.54, 1.807) is 0 Å². The Labute approximate surface area is 117 Å². The van der Waals surface area contributed by atoms with E-state index in [1.807, 2.05) is 45.0 Å². The fourth-order valence-electron chi connectivity index (χ4n) is 1.79. The van der Waals surface area contributed by atoms with E-state index in [0.29, 0.717) is 6.54 Å². The number of hydrogen-bond acceptors (Lipinski definition) is 4. The normalized spacial score (nSPS) is 12.4. The van der Waals surface area contributed by atoms with Crippen LogP contribution in [0.5, 0.6) is 0 Å². The molecule has 0 aliphatic carbocycles. The number of nitrogens with one attached hydrogen (secondary N) is 1. The standard InChI is InChI=1S/C14H17N3OS/c1-4-15-13(18)9(2)19-14-11-7-5-6-8-12(11)16-10(3)17-14/h5-9H,4H2,1-3H3,(H,15,18)/t9-/m1/s1. The van der Waals surface area contributed by atoms with Gasteiger partial charge in [0, 0.05) is 11.9 Å². The number of aryl methyl sites for hydroxylation is 1. The van der Waals surface area contributed by atoms with Gasteiger partial charge in [-0.05, 0) is 26.8 Å². The van der Waals surface area contributed by atoms with E-state index >= 15 is 0 Å². The first kappa shape index (κ1) is 13.8. The molecule has 0 saturated carbocycles. The zero-order valence-electron chi connectivity index (χ0n) is 11.3. The van der Waals surface area contributed by atoms with Crippen LogP contribution in [-0.4, -0.2) is 27.7 Å². The molecule has 1 N–H and O–H groups in total. The third-order valence-electron chi connectivity index (χ3n) is 2.69. The Balaban J connectivity index is 2.32. The lowest BCUT2D eigenvalue weighted by Crippen LogP contribution is -2.30. The fraction of sp³-hybridized carbons (Fsp3) is 0.357. The summed E-state index contributed by atoms with van der Waals surface area (Å²) in [5, 5.41) is 4.51. The summed E-state index contributed by atoms with van der Waals surface area (Å²) in [6.07, 6.45) is 0. The summed E-state index contributed by atoms with van der Waals surface area (Å²) in [6, 6.07) is 7.87. The number of rotatable bonds is 4. The van der Waals surface area contributed by atoms with Crippen molar-refractivity contribution in [2.24, 2.45) is 0 Å². The van der Waals surface area contributed by atoms with E-state index in [-0.39, 0.29) is 11.2 Å². The smallest absolute Gasteiger partial charge is 0.233 e. The summed E-state index contributed by atoms with van der Waals surface area (Å²) in [6.45, 7) is 6.32. The molecule has 2 rings (SSSR count). The van der Waals surface area contributed by atoms with Gasteiger partial charge in [-0.1, -0.05) is 30.0 Å². The summed E-state index contributed by atoms with van der Waals surface area (Å²) in [4.78, 5) is 20.6. The molecule has 0 unspecified atom stereocenters. The van der Waals surface area contributed by atoms with Crippen molar-refractivity contribution in [3.63, 3.8) is 0 Å². The van der Waals surface area contributed by atoms with Crippen LogP contribution in [0.25, 0.3) is 10.9 Å². The van der Waals surface area contributed by atoms with Crippen LogP contribution in [0.3, 0.4) is 0 Å². The highest BCUT2D eigenvalue weighted by atomic mass is 32.2. The number of thioether (sulfide) groups is 1. The van der Waals surface area contributed by atoms with E-state index in [9.17, 15) is 4.79 Å². The lowest BCUT2D eigenvalue weighted by atomic mass is 10.2. The van der Waals surface area contributed by atoms with E-state index in [2.05, 4.69) is 15.3 Å². The minimum atomic E-state index is -0.169. The van der Waals surface area contributed by atoms with Crippen molar-refractivity contribution in [2.45, 2.75) is 31.0 Å². The summed E-state index contributed by atoms with van der Waals surface area (Å²) in [7, 11) is 0. The Morgan fingerprint density at radius 2 is 2.11 bits per heavy atom. The predicted molar refractivity (Wildman–Crippen MR) is 78.3 cm³/mol. The van der Waals surface area contributed by atoms with E-state index in [4.69, 9.17) is 0 Å². The minimum Gasteiger partial charge on any atom is -0.355 e. The molecule has 0 aliphatic rings. The van der Waals surface area contributed by atoms with Crippen LogP contribution >= 0.6 is 11.8 Å². The molecule has 1 atom stereocenters. The second kappa shape index (κ2) is 6.02. The van der Waals surface area contributed by atoms with Gasteiger partial charge >= 0.3 is 0 Å². The molecular formula is C14H17N3OS. The minimum absolute atomic E-state index is 0.0350. The number of aromatic nitrogens is 2. The molecule has 4 nitrogen and oxygen atoms in total. The first-order valence-electron chi connectivity index (χ1n) is 6.29. The lowest BCUT2D eigenvalue weighted by molar-refractivity contribution is -0.120. The maximum absolute atomic E-state index is 11.8. The maximum Gasteiger partial charge on any atom is 0.233 e. The number of nitrogens with zero attached hydrogens (tertiary/aromatic N) is 2. The summed E-state index contributed by atoms with van der Waals surface area (Å²) < 4.78 is 0. The molecule has 1 aromatic carbocycles. The SMILES string of the molecule is CCNC(=O)[C@@H](C)Sc1nc(C)nc2ccccc12. The second-order valence-electron chi connectivity index (χ2n) is 4.25. The topological polar surface area (TPSA) is 54.9 Å². The van der Waals surface area contributed by atoms with Crippen LogP contribution in [0.1, 0.15) is 19.7 Å². The molecular weight excluding hydrogens is 258 g/mol. The molecule has 1 amide bonds. The third-order valence-corrected chi connectivity index (χ3v) is 3.79. The van der Waals surface area contributed by atoms with Crippen LogP contribution in [-0.2, 0) is 4.79 Å². The highest BCUT2D eigenvalue weighted by molar-refractivity contribution is 8.00. The summed E-state index contributed by atoms with van der Waals surface area (Å²) in [5.41, 5.74) is 0.917. The molecule has 1 aromatic heterocycles. The van der Waals surface area contributed by atoms with Gasteiger partial charge in [0.15, 0.2) is 0 Å². The first-order chi connectivity index (χ1) is 9.11. The van der Waals surface area contributed by atoms with Gasteiger partial charge in [0.2, 0.25) is 5.91 Å². The van der Waals surface area contributed by atoms with E-state index in [1.165, 1.54) is 11.8 Å². The number of amides is 1. The molecule has 2 aromatic rings. The Morgan fingerprint density at radius 1 is 1.37 bits per heavy atom. The quantitative estimate of drug-likeness (QED) is 0.688. The van der Waals surface area contributed by atoms with Crippen molar-refractivity contribution in [1.82, 2.24) is 15.3 Å². The van der Waals surface area contributed by atoms with Crippen molar-refractivity contribution in [3.05, 3.63) is 30.1 Å². The molecule has 0 bridgehead atoms. The van der Waals surface area contributed by atoms with Crippen LogP contribution < -0.4 is 5.32 Å². The van der Waals surface area contributed by atoms with Gasteiger partial charge in [-0.15, -0.1) is 0 Å². The summed E-state index contributed by atoms with van der Waals surface area (Å²) in [5.74, 6) is 0.761.